The maximum absolute atomic E-state index is 14.1. The zero-order valence-corrected chi connectivity index (χ0v) is 23.6. The average Bonchev–Trinajstić information content (AvgIpc) is 2.87. The highest BCUT2D eigenvalue weighted by Gasteiger charge is 2.33. The van der Waals surface area contributed by atoms with E-state index in [1.165, 1.54) is 4.90 Å². The Kier molecular flexibility index (Phi) is 9.69. The van der Waals surface area contributed by atoms with Gasteiger partial charge >= 0.3 is 0 Å². The maximum atomic E-state index is 14.1. The number of amides is 2. The first-order valence-electron chi connectivity index (χ1n) is 12.7. The molecule has 3 rings (SSSR count). The minimum atomic E-state index is -3.80. The molecule has 0 saturated heterocycles. The number of nitrogens with zero attached hydrogens (tertiary/aromatic N) is 2. The van der Waals surface area contributed by atoms with E-state index in [4.69, 9.17) is 0 Å². The molecule has 2 amide bonds. The van der Waals surface area contributed by atoms with Gasteiger partial charge in [0.1, 0.15) is 12.6 Å². The quantitative estimate of drug-likeness (QED) is 0.400. The van der Waals surface area contributed by atoms with E-state index < -0.39 is 28.5 Å². The summed E-state index contributed by atoms with van der Waals surface area (Å²) in [5, 5.41) is 2.87. The van der Waals surface area contributed by atoms with Crippen LogP contribution in [0.2, 0.25) is 0 Å². The normalized spacial score (nSPS) is 12.0. The van der Waals surface area contributed by atoms with E-state index in [0.717, 1.165) is 38.4 Å². The number of sulfonamides is 1. The van der Waals surface area contributed by atoms with Crippen molar-refractivity contribution in [1.82, 2.24) is 10.2 Å². The Balaban J connectivity index is 2.08. The van der Waals surface area contributed by atoms with Crippen molar-refractivity contribution < 1.29 is 18.0 Å². The average molecular weight is 536 g/mol. The van der Waals surface area contributed by atoms with E-state index in [0.29, 0.717) is 18.7 Å². The molecule has 0 saturated carbocycles. The molecule has 1 atom stereocenters. The number of aryl methyl sites for hydroxylation is 2. The molecule has 0 aliphatic rings. The van der Waals surface area contributed by atoms with Gasteiger partial charge in [-0.1, -0.05) is 66.7 Å². The molecule has 3 aromatic rings. The van der Waals surface area contributed by atoms with Crippen molar-refractivity contribution in [2.24, 2.45) is 0 Å². The number of benzene rings is 3. The fourth-order valence-corrected chi connectivity index (χ4v) is 5.32. The molecule has 0 fully saturated rings. The Bertz CT molecular complexity index is 1370. The lowest BCUT2D eigenvalue weighted by molar-refractivity contribution is -0.140. The predicted octanol–water partition coefficient (Wildman–Crippen LogP) is 4.15. The van der Waals surface area contributed by atoms with Crippen molar-refractivity contribution in [3.05, 3.63) is 101 Å². The Morgan fingerprint density at radius 2 is 1.50 bits per heavy atom. The van der Waals surface area contributed by atoms with Crippen LogP contribution in [0, 0.1) is 20.8 Å². The highest BCUT2D eigenvalue weighted by atomic mass is 32.2. The number of carbonyl (C=O) groups excluding carboxylic acids is 2. The Labute approximate surface area is 226 Å². The fraction of sp³-hybridized carbons (Fsp3) is 0.333. The van der Waals surface area contributed by atoms with Crippen LogP contribution in [0.4, 0.5) is 5.69 Å². The van der Waals surface area contributed by atoms with Crippen LogP contribution >= 0.6 is 0 Å². The molecule has 0 spiro atoms. The van der Waals surface area contributed by atoms with Crippen LogP contribution < -0.4 is 9.62 Å². The summed E-state index contributed by atoms with van der Waals surface area (Å²) in [7, 11) is -3.80. The van der Waals surface area contributed by atoms with Crippen LogP contribution in [0.3, 0.4) is 0 Å². The van der Waals surface area contributed by atoms with Crippen molar-refractivity contribution in [3.63, 3.8) is 0 Å². The molecule has 3 aromatic carbocycles. The second-order valence-corrected chi connectivity index (χ2v) is 11.4. The van der Waals surface area contributed by atoms with Gasteiger partial charge in [-0.25, -0.2) is 8.42 Å². The van der Waals surface area contributed by atoms with Gasteiger partial charge < -0.3 is 10.2 Å². The van der Waals surface area contributed by atoms with E-state index in [1.807, 2.05) is 88.4 Å². The third-order valence-corrected chi connectivity index (χ3v) is 7.87. The summed E-state index contributed by atoms with van der Waals surface area (Å²) in [4.78, 5) is 29.0. The third kappa shape index (κ3) is 7.22. The molecular formula is C30H37N3O4S. The van der Waals surface area contributed by atoms with Gasteiger partial charge in [-0.15, -0.1) is 0 Å². The molecule has 0 heterocycles. The standard InChI is InChI=1S/C30H37N3O4S/c1-6-31-30(35)28(19-25-15-8-7-9-16-25)32(20-26-17-11-10-13-23(26)3)29(34)21-33(38(5,36)37)27-18-12-14-22(2)24(27)4/h7-18,28H,6,19-21H2,1-5H3,(H,31,35). The molecule has 1 N–H and O–H groups in total. The van der Waals surface area contributed by atoms with Gasteiger partial charge in [0.15, 0.2) is 0 Å². The summed E-state index contributed by atoms with van der Waals surface area (Å²) in [5.41, 5.74) is 4.93. The first-order valence-corrected chi connectivity index (χ1v) is 14.6. The number of likely N-dealkylation sites (N-methyl/N-ethyl adjacent to an activating group) is 1. The highest BCUT2D eigenvalue weighted by molar-refractivity contribution is 7.92. The SMILES string of the molecule is CCNC(=O)C(Cc1ccccc1)N(Cc1ccccc1C)C(=O)CN(c1cccc(C)c1C)S(C)(=O)=O. The topological polar surface area (TPSA) is 86.8 Å². The van der Waals surface area contributed by atoms with E-state index >= 15 is 0 Å². The summed E-state index contributed by atoms with van der Waals surface area (Å²) in [6, 6.07) is 21.8. The molecular weight excluding hydrogens is 498 g/mol. The summed E-state index contributed by atoms with van der Waals surface area (Å²) in [6.45, 7) is 7.69. The molecule has 202 valence electrons. The maximum Gasteiger partial charge on any atom is 0.244 e. The Hall–Kier alpha value is -3.65. The number of nitrogens with one attached hydrogen (secondary N) is 1. The van der Waals surface area contributed by atoms with Crippen LogP contribution in [0.25, 0.3) is 0 Å². The van der Waals surface area contributed by atoms with E-state index in [9.17, 15) is 18.0 Å². The minimum absolute atomic E-state index is 0.171. The van der Waals surface area contributed by atoms with Crippen LogP contribution in [-0.2, 0) is 32.6 Å². The summed E-state index contributed by atoms with van der Waals surface area (Å²) in [6.07, 6.45) is 1.39. The van der Waals surface area contributed by atoms with Crippen LogP contribution in [-0.4, -0.2) is 50.5 Å². The Morgan fingerprint density at radius 1 is 0.868 bits per heavy atom. The zero-order chi connectivity index (χ0) is 27.9. The van der Waals surface area contributed by atoms with E-state index in [-0.39, 0.29) is 12.5 Å². The fourth-order valence-electron chi connectivity index (χ4n) is 4.42. The summed E-state index contributed by atoms with van der Waals surface area (Å²) < 4.78 is 27.0. The zero-order valence-electron chi connectivity index (χ0n) is 22.8. The minimum Gasteiger partial charge on any atom is -0.355 e. The van der Waals surface area contributed by atoms with E-state index in [1.54, 1.807) is 12.1 Å². The molecule has 0 aliphatic heterocycles. The van der Waals surface area contributed by atoms with Crippen LogP contribution in [0.1, 0.15) is 34.7 Å². The smallest absolute Gasteiger partial charge is 0.244 e. The van der Waals surface area contributed by atoms with E-state index in [2.05, 4.69) is 5.32 Å². The second-order valence-electron chi connectivity index (χ2n) is 9.54. The van der Waals surface area contributed by atoms with Gasteiger partial charge in [-0.2, -0.15) is 0 Å². The number of anilines is 1. The molecule has 8 heteroatoms. The second kappa shape index (κ2) is 12.7. The van der Waals surface area contributed by atoms with Gasteiger partial charge in [-0.05, 0) is 61.6 Å². The third-order valence-electron chi connectivity index (χ3n) is 6.75. The molecule has 0 aliphatic carbocycles. The van der Waals surface area contributed by atoms with Gasteiger partial charge in [0, 0.05) is 19.5 Å². The lowest BCUT2D eigenvalue weighted by Crippen LogP contribution is -2.53. The monoisotopic (exact) mass is 535 g/mol. The largest absolute Gasteiger partial charge is 0.355 e. The molecule has 0 radical (unpaired) electrons. The van der Waals surface area contributed by atoms with Crippen molar-refractivity contribution in [3.8, 4) is 0 Å². The van der Waals surface area contributed by atoms with Crippen LogP contribution in [0.15, 0.2) is 72.8 Å². The number of carbonyl (C=O) groups is 2. The van der Waals surface area contributed by atoms with Crippen molar-refractivity contribution in [2.45, 2.75) is 46.7 Å². The molecule has 0 aromatic heterocycles. The number of hydrogen-bond acceptors (Lipinski definition) is 4. The van der Waals surface area contributed by atoms with Gasteiger partial charge in [0.2, 0.25) is 21.8 Å². The van der Waals surface area contributed by atoms with Gasteiger partial charge in [0.05, 0.1) is 11.9 Å². The molecule has 7 nitrogen and oxygen atoms in total. The first-order chi connectivity index (χ1) is 18.0. The Morgan fingerprint density at radius 3 is 2.13 bits per heavy atom. The van der Waals surface area contributed by atoms with Crippen molar-refractivity contribution in [2.75, 3.05) is 23.7 Å². The molecule has 1 unspecified atom stereocenters. The number of rotatable bonds is 11. The molecule has 0 bridgehead atoms. The van der Waals surface area contributed by atoms with Crippen molar-refractivity contribution in [1.29, 1.82) is 0 Å². The van der Waals surface area contributed by atoms with Gasteiger partial charge in [0.25, 0.3) is 0 Å². The van der Waals surface area contributed by atoms with Crippen molar-refractivity contribution >= 4 is 27.5 Å². The lowest BCUT2D eigenvalue weighted by Gasteiger charge is -2.34. The predicted molar refractivity (Wildman–Crippen MR) is 152 cm³/mol. The molecule has 38 heavy (non-hydrogen) atoms. The lowest BCUT2D eigenvalue weighted by atomic mass is 10.0. The summed E-state index contributed by atoms with van der Waals surface area (Å²) >= 11 is 0. The van der Waals surface area contributed by atoms with Crippen LogP contribution in [0.5, 0.6) is 0 Å². The first kappa shape index (κ1) is 28.9. The number of hydrogen-bond donors (Lipinski definition) is 1. The summed E-state index contributed by atoms with van der Waals surface area (Å²) in [5.74, 6) is -0.734. The highest BCUT2D eigenvalue weighted by Crippen LogP contribution is 2.26. The van der Waals surface area contributed by atoms with Gasteiger partial charge in [-0.3, -0.25) is 13.9 Å².